The normalized spacial score (nSPS) is 10.4. The molecule has 0 radical (unpaired) electrons. The van der Waals surface area contributed by atoms with Crippen molar-refractivity contribution in [1.29, 1.82) is 0 Å². The number of ether oxygens (including phenoxy) is 1. The number of rotatable bonds is 3. The molecule has 0 spiro atoms. The number of halogens is 1. The summed E-state index contributed by atoms with van der Waals surface area (Å²) in [4.78, 5) is 7.32. The van der Waals surface area contributed by atoms with Crippen molar-refractivity contribution in [2.75, 3.05) is 7.11 Å². The van der Waals surface area contributed by atoms with Crippen molar-refractivity contribution in [3.63, 3.8) is 0 Å². The molecule has 4 nitrogen and oxygen atoms in total. The third-order valence-electron chi connectivity index (χ3n) is 2.25. The van der Waals surface area contributed by atoms with Crippen molar-refractivity contribution in [2.24, 2.45) is 0 Å². The van der Waals surface area contributed by atoms with E-state index in [-0.39, 0.29) is 6.61 Å². The Hall–Kier alpha value is -1.33. The van der Waals surface area contributed by atoms with Gasteiger partial charge in [-0.25, -0.2) is 4.98 Å². The Kier molecular flexibility index (Phi) is 3.26. The summed E-state index contributed by atoms with van der Waals surface area (Å²) in [6.07, 6.45) is 0. The summed E-state index contributed by atoms with van der Waals surface area (Å²) in [7, 11) is 1.61. The van der Waals surface area contributed by atoms with E-state index in [0.29, 0.717) is 16.1 Å². The molecule has 2 aromatic rings. The highest BCUT2D eigenvalue weighted by Crippen LogP contribution is 2.29. The summed E-state index contributed by atoms with van der Waals surface area (Å²) in [5.41, 5.74) is 1.52. The van der Waals surface area contributed by atoms with Crippen LogP contribution in [0.2, 0.25) is 0 Å². The molecule has 0 aliphatic heterocycles. The lowest BCUT2D eigenvalue weighted by atomic mass is 10.2. The van der Waals surface area contributed by atoms with E-state index in [9.17, 15) is 0 Å². The maximum absolute atomic E-state index is 9.07. The smallest absolute Gasteiger partial charge is 0.142 e. The number of aliphatic hydroxyl groups excluding tert-OH is 1. The second kappa shape index (κ2) is 4.67. The van der Waals surface area contributed by atoms with Crippen LogP contribution in [0.15, 0.2) is 28.9 Å². The molecule has 0 aliphatic rings. The summed E-state index contributed by atoms with van der Waals surface area (Å²) >= 11 is 3.28. The number of aliphatic hydroxyl groups is 1. The Morgan fingerprint density at radius 3 is 2.81 bits per heavy atom. The molecule has 0 amide bonds. The van der Waals surface area contributed by atoms with Crippen LogP contribution in [0.5, 0.6) is 5.75 Å². The molecule has 0 fully saturated rings. The fraction of sp³-hybridized carbons (Fsp3) is 0.182. The van der Waals surface area contributed by atoms with Crippen LogP contribution in [0.4, 0.5) is 0 Å². The van der Waals surface area contributed by atoms with Crippen LogP contribution >= 0.6 is 15.9 Å². The Bertz CT molecular complexity index is 496. The average Bonchev–Trinajstić information content (AvgIpc) is 2.70. The first-order valence-electron chi connectivity index (χ1n) is 4.75. The van der Waals surface area contributed by atoms with Gasteiger partial charge in [0.05, 0.1) is 25.0 Å². The lowest BCUT2D eigenvalue weighted by molar-refractivity contribution is 0.276. The first kappa shape index (κ1) is 11.2. The highest BCUT2D eigenvalue weighted by Gasteiger charge is 2.11. The molecule has 0 aliphatic carbocycles. The lowest BCUT2D eigenvalue weighted by Gasteiger charge is -2.04. The van der Waals surface area contributed by atoms with Crippen molar-refractivity contribution >= 4 is 15.9 Å². The van der Waals surface area contributed by atoms with E-state index in [2.05, 4.69) is 25.9 Å². The summed E-state index contributed by atoms with van der Waals surface area (Å²) in [5.74, 6) is 1.42. The minimum Gasteiger partial charge on any atom is -0.496 e. The highest BCUT2D eigenvalue weighted by atomic mass is 79.9. The van der Waals surface area contributed by atoms with Crippen LogP contribution in [0, 0.1) is 0 Å². The van der Waals surface area contributed by atoms with E-state index in [1.807, 2.05) is 24.3 Å². The van der Waals surface area contributed by atoms with Gasteiger partial charge in [0.1, 0.15) is 16.2 Å². The second-order valence-corrected chi connectivity index (χ2v) is 3.96. The number of H-pyrrole nitrogens is 1. The number of aromatic nitrogens is 2. The van der Waals surface area contributed by atoms with Gasteiger partial charge in [-0.2, -0.15) is 0 Å². The van der Waals surface area contributed by atoms with Crippen LogP contribution in [0.25, 0.3) is 11.4 Å². The monoisotopic (exact) mass is 282 g/mol. The van der Waals surface area contributed by atoms with E-state index in [1.165, 1.54) is 0 Å². The van der Waals surface area contributed by atoms with Gasteiger partial charge < -0.3 is 14.8 Å². The third kappa shape index (κ3) is 1.96. The summed E-state index contributed by atoms with van der Waals surface area (Å²) in [5, 5.41) is 9.07. The number of hydrogen-bond donors (Lipinski definition) is 2. The quantitative estimate of drug-likeness (QED) is 0.909. The predicted octanol–water partition coefficient (Wildman–Crippen LogP) is 2.34. The van der Waals surface area contributed by atoms with E-state index in [4.69, 9.17) is 9.84 Å². The Morgan fingerprint density at radius 1 is 1.44 bits per heavy atom. The zero-order valence-electron chi connectivity index (χ0n) is 8.70. The molecular formula is C11H11BrN2O2. The second-order valence-electron chi connectivity index (χ2n) is 3.21. The largest absolute Gasteiger partial charge is 0.496 e. The van der Waals surface area contributed by atoms with Crippen molar-refractivity contribution in [2.45, 2.75) is 6.61 Å². The zero-order valence-corrected chi connectivity index (χ0v) is 10.3. The Balaban J connectivity index is 2.49. The van der Waals surface area contributed by atoms with Crippen LogP contribution in [-0.2, 0) is 6.61 Å². The molecule has 1 aromatic carbocycles. The maximum atomic E-state index is 9.07. The topological polar surface area (TPSA) is 58.1 Å². The number of para-hydroxylation sites is 1. The first-order chi connectivity index (χ1) is 7.76. The van der Waals surface area contributed by atoms with Crippen molar-refractivity contribution in [3.05, 3.63) is 34.6 Å². The van der Waals surface area contributed by atoms with Crippen LogP contribution < -0.4 is 4.74 Å². The van der Waals surface area contributed by atoms with E-state index < -0.39 is 0 Å². The molecular weight excluding hydrogens is 272 g/mol. The van der Waals surface area contributed by atoms with Gasteiger partial charge in [0.15, 0.2) is 0 Å². The highest BCUT2D eigenvalue weighted by molar-refractivity contribution is 9.10. The van der Waals surface area contributed by atoms with Gasteiger partial charge in [0.25, 0.3) is 0 Å². The fourth-order valence-electron chi connectivity index (χ4n) is 1.46. The van der Waals surface area contributed by atoms with Crippen LogP contribution in [-0.4, -0.2) is 22.2 Å². The fourth-order valence-corrected chi connectivity index (χ4v) is 1.86. The molecule has 1 aromatic heterocycles. The molecule has 5 heteroatoms. The van der Waals surface area contributed by atoms with E-state index in [0.717, 1.165) is 11.3 Å². The lowest BCUT2D eigenvalue weighted by Crippen LogP contribution is -1.89. The number of benzene rings is 1. The summed E-state index contributed by atoms with van der Waals surface area (Å²) in [6.45, 7) is -0.0806. The number of imidazole rings is 1. The molecule has 0 atom stereocenters. The molecule has 84 valence electrons. The number of hydrogen-bond acceptors (Lipinski definition) is 3. The zero-order chi connectivity index (χ0) is 11.5. The van der Waals surface area contributed by atoms with Gasteiger partial charge in [0, 0.05) is 0 Å². The Morgan fingerprint density at radius 2 is 2.19 bits per heavy atom. The van der Waals surface area contributed by atoms with Crippen molar-refractivity contribution < 1.29 is 9.84 Å². The minimum atomic E-state index is -0.0806. The van der Waals surface area contributed by atoms with Gasteiger partial charge >= 0.3 is 0 Å². The van der Waals surface area contributed by atoms with Gasteiger partial charge in [-0.3, -0.25) is 0 Å². The molecule has 0 unspecified atom stereocenters. The summed E-state index contributed by atoms with van der Waals surface area (Å²) in [6, 6.07) is 7.58. The first-order valence-corrected chi connectivity index (χ1v) is 5.54. The standard InChI is InChI=1S/C11H11BrN2O2/c1-16-9-5-3-2-4-7(9)11-13-8(6-15)10(12)14-11/h2-5,15H,6H2,1H3,(H,13,14). The number of methoxy groups -OCH3 is 1. The van der Waals surface area contributed by atoms with Crippen LogP contribution in [0.1, 0.15) is 5.69 Å². The predicted molar refractivity (Wildman–Crippen MR) is 64.2 cm³/mol. The van der Waals surface area contributed by atoms with Gasteiger partial charge in [0.2, 0.25) is 0 Å². The summed E-state index contributed by atoms with van der Waals surface area (Å²) < 4.78 is 5.87. The number of aromatic amines is 1. The maximum Gasteiger partial charge on any atom is 0.142 e. The van der Waals surface area contributed by atoms with Gasteiger partial charge in [-0.05, 0) is 28.1 Å². The van der Waals surface area contributed by atoms with Crippen LogP contribution in [0.3, 0.4) is 0 Å². The molecule has 16 heavy (non-hydrogen) atoms. The van der Waals surface area contributed by atoms with Crippen molar-refractivity contribution in [1.82, 2.24) is 9.97 Å². The molecule has 1 heterocycles. The van der Waals surface area contributed by atoms with Gasteiger partial charge in [-0.1, -0.05) is 12.1 Å². The number of nitrogens with one attached hydrogen (secondary N) is 1. The molecule has 2 N–H and O–H groups in total. The van der Waals surface area contributed by atoms with Gasteiger partial charge in [-0.15, -0.1) is 0 Å². The molecule has 0 bridgehead atoms. The van der Waals surface area contributed by atoms with E-state index in [1.54, 1.807) is 7.11 Å². The Labute approximate surface area is 101 Å². The average molecular weight is 283 g/mol. The number of nitrogens with zero attached hydrogens (tertiary/aromatic N) is 1. The van der Waals surface area contributed by atoms with E-state index >= 15 is 0 Å². The van der Waals surface area contributed by atoms with Crippen molar-refractivity contribution in [3.8, 4) is 17.1 Å². The molecule has 2 rings (SSSR count). The minimum absolute atomic E-state index is 0.0806. The third-order valence-corrected chi connectivity index (χ3v) is 2.90. The molecule has 0 saturated carbocycles. The molecule has 0 saturated heterocycles. The SMILES string of the molecule is COc1ccccc1-c1nc(Br)c(CO)[nH]1.